The summed E-state index contributed by atoms with van der Waals surface area (Å²) in [6.45, 7) is 5.04. The largest absolute Gasteiger partial charge is 0.355 e. The number of Topliss-reactive ketones (excluding diaryl/α,β-unsaturated/α-hetero) is 2. The van der Waals surface area contributed by atoms with Crippen LogP contribution in [0.4, 0.5) is 0 Å². The lowest BCUT2D eigenvalue weighted by Crippen LogP contribution is -2.16. The lowest BCUT2D eigenvalue weighted by atomic mass is 10.1. The number of nitrogens with zero attached hydrogens (tertiary/aromatic N) is 2. The molecule has 8 heteroatoms. The van der Waals surface area contributed by atoms with E-state index < -0.39 is 0 Å². The van der Waals surface area contributed by atoms with Crippen molar-refractivity contribution >= 4 is 23.3 Å². The minimum Gasteiger partial charge on any atom is -0.355 e. The fourth-order valence-corrected chi connectivity index (χ4v) is 3.69. The Kier molecular flexibility index (Phi) is 4.01. The van der Waals surface area contributed by atoms with Gasteiger partial charge in [-0.3, -0.25) is 14.2 Å². The average Bonchev–Trinajstić information content (AvgIpc) is 3.18. The molecule has 1 aliphatic rings. The Bertz CT molecular complexity index is 842. The molecule has 2 aromatic rings. The Morgan fingerprint density at radius 3 is 2.61 bits per heavy atom. The number of nitrogens with one attached hydrogen (secondary N) is 2. The third-order valence-electron chi connectivity index (χ3n) is 3.98. The summed E-state index contributed by atoms with van der Waals surface area (Å²) in [5.74, 6) is -0.00599. The lowest BCUT2D eigenvalue weighted by Gasteiger charge is -2.03. The van der Waals surface area contributed by atoms with E-state index in [1.807, 2.05) is 0 Å². The van der Waals surface area contributed by atoms with Gasteiger partial charge in [0.05, 0.1) is 11.4 Å². The van der Waals surface area contributed by atoms with Crippen LogP contribution in [0.15, 0.2) is 9.95 Å². The van der Waals surface area contributed by atoms with Crippen LogP contribution in [0.3, 0.4) is 0 Å². The van der Waals surface area contributed by atoms with Crippen LogP contribution in [0, 0.1) is 13.8 Å². The Balaban J connectivity index is 1.77. The van der Waals surface area contributed by atoms with E-state index >= 15 is 0 Å². The number of carbonyl (C=O) groups is 2. The van der Waals surface area contributed by atoms with Crippen molar-refractivity contribution in [3.05, 3.63) is 33.0 Å². The highest BCUT2D eigenvalue weighted by Gasteiger charge is 2.29. The summed E-state index contributed by atoms with van der Waals surface area (Å²) < 4.78 is 1.62. The zero-order valence-corrected chi connectivity index (χ0v) is 14.0. The summed E-state index contributed by atoms with van der Waals surface area (Å²) in [4.78, 5) is 38.8. The van der Waals surface area contributed by atoms with Crippen LogP contribution in [0.1, 0.15) is 57.9 Å². The number of rotatable bonds is 6. The molecule has 0 radical (unpaired) electrons. The molecule has 1 fully saturated rings. The second-order valence-electron chi connectivity index (χ2n) is 5.81. The van der Waals surface area contributed by atoms with E-state index in [2.05, 4.69) is 15.2 Å². The zero-order chi connectivity index (χ0) is 16.7. The number of hydrogen-bond acceptors (Lipinski definition) is 5. The molecular weight excluding hydrogens is 316 g/mol. The van der Waals surface area contributed by atoms with E-state index in [0.717, 1.165) is 12.8 Å². The van der Waals surface area contributed by atoms with Crippen LogP contribution in [0.5, 0.6) is 0 Å². The molecule has 1 saturated carbocycles. The first kappa shape index (κ1) is 15.8. The number of aryl methyl sites for hydroxylation is 1. The molecule has 0 bridgehead atoms. The zero-order valence-electron chi connectivity index (χ0n) is 13.2. The SMILES string of the molecule is CC(=O)c1c(C)[nH]c(C(=O)CSc2n[nH]c(=O)n2C2CC2)c1C. The first-order chi connectivity index (χ1) is 10.9. The van der Waals surface area contributed by atoms with Gasteiger partial charge in [0.25, 0.3) is 0 Å². The first-order valence-electron chi connectivity index (χ1n) is 7.43. The third-order valence-corrected chi connectivity index (χ3v) is 4.94. The number of aromatic amines is 2. The van der Waals surface area contributed by atoms with Crippen LogP contribution in [-0.2, 0) is 0 Å². The van der Waals surface area contributed by atoms with E-state index in [1.54, 1.807) is 18.4 Å². The number of hydrogen-bond donors (Lipinski definition) is 2. The lowest BCUT2D eigenvalue weighted by molar-refractivity contribution is 0.101. The van der Waals surface area contributed by atoms with E-state index in [1.165, 1.54) is 18.7 Å². The van der Waals surface area contributed by atoms with Gasteiger partial charge in [-0.2, -0.15) is 0 Å². The molecule has 23 heavy (non-hydrogen) atoms. The first-order valence-corrected chi connectivity index (χ1v) is 8.41. The quantitative estimate of drug-likeness (QED) is 0.622. The van der Waals surface area contributed by atoms with E-state index in [4.69, 9.17) is 0 Å². The minimum atomic E-state index is -0.229. The van der Waals surface area contributed by atoms with Crippen molar-refractivity contribution in [1.29, 1.82) is 0 Å². The summed E-state index contributed by atoms with van der Waals surface area (Å²) in [6.07, 6.45) is 1.94. The number of H-pyrrole nitrogens is 2. The van der Waals surface area contributed by atoms with Crippen LogP contribution in [-0.4, -0.2) is 37.1 Å². The highest BCUT2D eigenvalue weighted by Crippen LogP contribution is 2.36. The summed E-state index contributed by atoms with van der Waals surface area (Å²) >= 11 is 1.24. The fraction of sp³-hybridized carbons (Fsp3) is 0.467. The molecule has 0 spiro atoms. The third kappa shape index (κ3) is 2.90. The maximum atomic E-state index is 12.4. The predicted molar refractivity (Wildman–Crippen MR) is 86.4 cm³/mol. The summed E-state index contributed by atoms with van der Waals surface area (Å²) in [5.41, 5.74) is 2.19. The maximum Gasteiger partial charge on any atom is 0.344 e. The van der Waals surface area contributed by atoms with Gasteiger partial charge in [-0.1, -0.05) is 11.8 Å². The molecule has 0 aliphatic heterocycles. The van der Waals surface area contributed by atoms with Crippen LogP contribution >= 0.6 is 11.8 Å². The van der Waals surface area contributed by atoms with Crippen molar-refractivity contribution < 1.29 is 9.59 Å². The highest BCUT2D eigenvalue weighted by molar-refractivity contribution is 7.99. The van der Waals surface area contributed by atoms with Gasteiger partial charge in [-0.15, -0.1) is 5.10 Å². The molecule has 7 nitrogen and oxygen atoms in total. The van der Waals surface area contributed by atoms with Gasteiger partial charge in [0.2, 0.25) is 0 Å². The normalized spacial score (nSPS) is 14.2. The topological polar surface area (TPSA) is 101 Å². The summed E-state index contributed by atoms with van der Waals surface area (Å²) in [6, 6.07) is 0.206. The molecule has 0 aromatic carbocycles. The van der Waals surface area contributed by atoms with Gasteiger partial charge in [-0.25, -0.2) is 9.89 Å². The Morgan fingerprint density at radius 2 is 2.04 bits per heavy atom. The Labute approximate surface area is 136 Å². The van der Waals surface area contributed by atoms with Crippen LogP contribution in [0.25, 0.3) is 0 Å². The van der Waals surface area contributed by atoms with Gasteiger partial charge >= 0.3 is 5.69 Å². The van der Waals surface area contributed by atoms with E-state index in [0.29, 0.717) is 27.7 Å². The number of carbonyl (C=O) groups excluding carboxylic acids is 2. The standard InChI is InChI=1S/C15H18N4O3S/c1-7-12(9(3)20)8(2)16-13(7)11(21)6-23-15-18-17-14(22)19(15)10-4-5-10/h10,16H,4-6H2,1-3H3,(H,17,22). The van der Waals surface area contributed by atoms with Crippen LogP contribution < -0.4 is 5.69 Å². The molecule has 0 unspecified atom stereocenters. The maximum absolute atomic E-state index is 12.4. The number of aromatic nitrogens is 4. The molecule has 0 atom stereocenters. The second-order valence-corrected chi connectivity index (χ2v) is 6.75. The number of ketones is 2. The Hall–Kier alpha value is -2.09. The van der Waals surface area contributed by atoms with Crippen molar-refractivity contribution in [1.82, 2.24) is 19.7 Å². The van der Waals surface area contributed by atoms with E-state index in [-0.39, 0.29) is 29.1 Å². The molecule has 2 N–H and O–H groups in total. The smallest absolute Gasteiger partial charge is 0.344 e. The predicted octanol–water partition coefficient (Wildman–Crippen LogP) is 2.03. The van der Waals surface area contributed by atoms with Crippen LogP contribution in [0.2, 0.25) is 0 Å². The minimum absolute atomic E-state index is 0.0576. The highest BCUT2D eigenvalue weighted by atomic mass is 32.2. The fourth-order valence-electron chi connectivity index (χ4n) is 2.81. The van der Waals surface area contributed by atoms with Crippen molar-refractivity contribution in [3.63, 3.8) is 0 Å². The van der Waals surface area contributed by atoms with Gasteiger partial charge in [0.1, 0.15) is 0 Å². The molecule has 122 valence electrons. The average molecular weight is 334 g/mol. The van der Waals surface area contributed by atoms with Gasteiger partial charge in [-0.05, 0) is 39.2 Å². The van der Waals surface area contributed by atoms with Gasteiger partial charge in [0.15, 0.2) is 16.7 Å². The van der Waals surface area contributed by atoms with Gasteiger partial charge < -0.3 is 4.98 Å². The van der Waals surface area contributed by atoms with Crippen molar-refractivity contribution in [2.45, 2.75) is 44.8 Å². The molecule has 0 amide bonds. The van der Waals surface area contributed by atoms with Crippen molar-refractivity contribution in [2.24, 2.45) is 0 Å². The van der Waals surface area contributed by atoms with E-state index in [9.17, 15) is 14.4 Å². The molecule has 0 saturated heterocycles. The summed E-state index contributed by atoms with van der Waals surface area (Å²) in [5, 5.41) is 6.96. The molecular formula is C15H18N4O3S. The van der Waals surface area contributed by atoms with Gasteiger partial charge in [0, 0.05) is 17.3 Å². The van der Waals surface area contributed by atoms with Crippen molar-refractivity contribution in [2.75, 3.05) is 5.75 Å². The molecule has 3 rings (SSSR count). The second kappa shape index (κ2) is 5.84. The molecule has 2 heterocycles. The number of thioether (sulfide) groups is 1. The monoisotopic (exact) mass is 334 g/mol. The molecule has 2 aromatic heterocycles. The molecule has 1 aliphatic carbocycles. The Morgan fingerprint density at radius 1 is 1.35 bits per heavy atom. The summed E-state index contributed by atoms with van der Waals surface area (Å²) in [7, 11) is 0. The van der Waals surface area contributed by atoms with Crippen molar-refractivity contribution in [3.8, 4) is 0 Å².